The molecule has 0 bridgehead atoms. The average molecular weight is 740 g/mol. The van der Waals surface area contributed by atoms with Crippen LogP contribution < -0.4 is 24.4 Å². The fourth-order valence-corrected chi connectivity index (χ4v) is 7.09. The molecule has 0 aliphatic carbocycles. The van der Waals surface area contributed by atoms with Gasteiger partial charge >= 0.3 is 11.9 Å². The molecule has 1 aliphatic heterocycles. The Morgan fingerprint density at radius 3 is 2.30 bits per heavy atom. The fraction of sp³-hybridized carbons (Fsp3) is 0.257. The highest BCUT2D eigenvalue weighted by molar-refractivity contribution is 9.10. The number of halogens is 2. The van der Waals surface area contributed by atoms with E-state index in [2.05, 4.69) is 20.9 Å². The van der Waals surface area contributed by atoms with Gasteiger partial charge in [0.1, 0.15) is 18.1 Å². The second-order valence-corrected chi connectivity index (χ2v) is 12.6. The van der Waals surface area contributed by atoms with E-state index in [1.54, 1.807) is 63.2 Å². The van der Waals surface area contributed by atoms with Crippen LogP contribution in [-0.2, 0) is 20.9 Å². The average Bonchev–Trinajstić information content (AvgIpc) is 3.34. The van der Waals surface area contributed by atoms with Crippen molar-refractivity contribution in [1.29, 1.82) is 0 Å². The summed E-state index contributed by atoms with van der Waals surface area (Å²) in [5, 5.41) is 0.440. The predicted octanol–water partition coefficient (Wildman–Crippen LogP) is 6.37. The van der Waals surface area contributed by atoms with Crippen LogP contribution in [-0.4, -0.2) is 36.3 Å². The summed E-state index contributed by atoms with van der Waals surface area (Å²) in [6.45, 7) is 8.30. The summed E-state index contributed by atoms with van der Waals surface area (Å²) in [7, 11) is 0. The number of aromatic nitrogens is 1. The summed E-state index contributed by atoms with van der Waals surface area (Å²) in [6, 6.07) is 16.9. The zero-order chi connectivity index (χ0) is 33.7. The van der Waals surface area contributed by atoms with E-state index < -0.39 is 18.0 Å². The van der Waals surface area contributed by atoms with Crippen LogP contribution in [0.4, 0.5) is 0 Å². The van der Waals surface area contributed by atoms with E-state index in [0.717, 1.165) is 5.56 Å². The van der Waals surface area contributed by atoms with E-state index in [4.69, 9.17) is 30.5 Å². The molecule has 47 heavy (non-hydrogen) atoms. The molecule has 0 radical (unpaired) electrons. The Labute approximate surface area is 288 Å². The molecule has 244 valence electrons. The van der Waals surface area contributed by atoms with Gasteiger partial charge < -0.3 is 18.9 Å². The van der Waals surface area contributed by atoms with Crippen LogP contribution in [0.15, 0.2) is 86.2 Å². The molecule has 2 heterocycles. The minimum atomic E-state index is -0.762. The lowest BCUT2D eigenvalue weighted by molar-refractivity contribution is -0.139. The molecule has 0 fully saturated rings. The second kappa shape index (κ2) is 15.1. The minimum absolute atomic E-state index is 0.179. The van der Waals surface area contributed by atoms with Crippen LogP contribution in [0.5, 0.6) is 11.5 Å². The molecular formula is C35H32BrClN2O7S. The van der Waals surface area contributed by atoms with Crippen LogP contribution in [0, 0.1) is 0 Å². The summed E-state index contributed by atoms with van der Waals surface area (Å²) in [6.07, 6.45) is 1.71. The highest BCUT2D eigenvalue weighted by atomic mass is 79.9. The fourth-order valence-electron chi connectivity index (χ4n) is 5.11. The number of rotatable bonds is 11. The Balaban J connectivity index is 1.56. The van der Waals surface area contributed by atoms with Gasteiger partial charge in [-0.05, 0) is 97.2 Å². The van der Waals surface area contributed by atoms with E-state index in [0.29, 0.717) is 71.5 Å². The highest BCUT2D eigenvalue weighted by Crippen LogP contribution is 2.35. The molecule has 0 N–H and O–H groups in total. The predicted molar refractivity (Wildman–Crippen MR) is 184 cm³/mol. The van der Waals surface area contributed by atoms with E-state index in [1.807, 2.05) is 31.2 Å². The van der Waals surface area contributed by atoms with E-state index in [1.165, 1.54) is 15.9 Å². The normalized spacial score (nSPS) is 14.3. The number of hydrogen-bond donors (Lipinski definition) is 0. The standard InChI is InChI=1S/C35H32BrClN2O7S/c1-5-43-26-14-12-22(13-15-26)30-29(34(42)45-7-3)20(4)38-35-39(30)32(40)28(47-35)17-24-16-25(37)18-27(36)31(24)46-19-21-8-10-23(11-9-21)33(41)44-6-2/h8-18,30H,5-7,19H2,1-4H3/b28-17-/t30-/m1/s1. The first-order valence-electron chi connectivity index (χ1n) is 14.9. The number of thiazole rings is 1. The first-order chi connectivity index (χ1) is 22.6. The lowest BCUT2D eigenvalue weighted by atomic mass is 9.96. The summed E-state index contributed by atoms with van der Waals surface area (Å²) < 4.78 is 24.8. The number of carbonyl (C=O) groups is 2. The summed E-state index contributed by atoms with van der Waals surface area (Å²) in [5.74, 6) is 0.224. The molecule has 4 aromatic rings. The Kier molecular flexibility index (Phi) is 11.0. The number of allylic oxidation sites excluding steroid dienone is 1. The third kappa shape index (κ3) is 7.53. The smallest absolute Gasteiger partial charge is 0.338 e. The third-order valence-corrected chi connectivity index (χ3v) is 8.99. The Morgan fingerprint density at radius 2 is 1.64 bits per heavy atom. The molecule has 12 heteroatoms. The van der Waals surface area contributed by atoms with Crippen molar-refractivity contribution in [3.8, 4) is 11.5 Å². The van der Waals surface area contributed by atoms with Crippen molar-refractivity contribution in [2.24, 2.45) is 4.99 Å². The molecule has 1 aromatic heterocycles. The summed E-state index contributed by atoms with van der Waals surface area (Å²) >= 11 is 11.2. The lowest BCUT2D eigenvalue weighted by Gasteiger charge is -2.24. The molecule has 0 unspecified atom stereocenters. The number of ether oxygens (including phenoxy) is 4. The maximum atomic E-state index is 14.2. The van der Waals surface area contributed by atoms with E-state index in [9.17, 15) is 14.4 Å². The molecule has 1 aliphatic rings. The first-order valence-corrected chi connectivity index (χ1v) is 16.9. The molecule has 0 amide bonds. The van der Waals surface area contributed by atoms with Crippen molar-refractivity contribution in [3.05, 3.63) is 123 Å². The molecule has 0 saturated carbocycles. The van der Waals surface area contributed by atoms with Crippen molar-refractivity contribution in [3.63, 3.8) is 0 Å². The van der Waals surface area contributed by atoms with Gasteiger partial charge in [0.2, 0.25) is 0 Å². The second-order valence-electron chi connectivity index (χ2n) is 10.3. The van der Waals surface area contributed by atoms with Gasteiger partial charge in [0.25, 0.3) is 5.56 Å². The van der Waals surface area contributed by atoms with Crippen molar-refractivity contribution >= 4 is 56.9 Å². The van der Waals surface area contributed by atoms with Crippen molar-refractivity contribution in [1.82, 2.24) is 4.57 Å². The number of esters is 2. The highest BCUT2D eigenvalue weighted by Gasteiger charge is 2.33. The lowest BCUT2D eigenvalue weighted by Crippen LogP contribution is -2.39. The van der Waals surface area contributed by atoms with Crippen LogP contribution in [0.2, 0.25) is 5.02 Å². The van der Waals surface area contributed by atoms with Crippen LogP contribution in [0.1, 0.15) is 60.8 Å². The molecule has 9 nitrogen and oxygen atoms in total. The summed E-state index contributed by atoms with van der Waals surface area (Å²) in [5.41, 5.74) is 2.97. The van der Waals surface area contributed by atoms with Crippen molar-refractivity contribution in [2.75, 3.05) is 19.8 Å². The Hall–Kier alpha value is -4.19. The SMILES string of the molecule is CCOC(=O)C1=C(C)N=c2s/c(=C\c3cc(Cl)cc(Br)c3OCc3ccc(C(=O)OCC)cc3)c(=O)n2[C@@H]1c1ccc(OCC)cc1. The van der Waals surface area contributed by atoms with Gasteiger partial charge in [-0.15, -0.1) is 0 Å². The quantitative estimate of drug-likeness (QED) is 0.165. The Bertz CT molecular complexity index is 2020. The van der Waals surface area contributed by atoms with Crippen LogP contribution >= 0.6 is 38.9 Å². The van der Waals surface area contributed by atoms with Crippen molar-refractivity contribution < 1.29 is 28.5 Å². The van der Waals surface area contributed by atoms with Gasteiger partial charge in [0.15, 0.2) is 4.80 Å². The first kappa shape index (κ1) is 34.2. The van der Waals surface area contributed by atoms with Crippen molar-refractivity contribution in [2.45, 2.75) is 40.3 Å². The third-order valence-electron chi connectivity index (χ3n) is 7.20. The molecule has 1 atom stereocenters. The molecule has 3 aromatic carbocycles. The van der Waals surface area contributed by atoms with Crippen LogP contribution in [0.3, 0.4) is 0 Å². The monoisotopic (exact) mass is 738 g/mol. The minimum Gasteiger partial charge on any atom is -0.494 e. The topological polar surface area (TPSA) is 105 Å². The summed E-state index contributed by atoms with van der Waals surface area (Å²) in [4.78, 5) is 44.5. The van der Waals surface area contributed by atoms with Gasteiger partial charge in [-0.25, -0.2) is 14.6 Å². The maximum absolute atomic E-state index is 14.2. The number of fused-ring (bicyclic) bond motifs is 1. The maximum Gasteiger partial charge on any atom is 0.338 e. The molecule has 0 spiro atoms. The number of carbonyl (C=O) groups excluding carboxylic acids is 2. The molecular weight excluding hydrogens is 708 g/mol. The zero-order valence-corrected chi connectivity index (χ0v) is 29.3. The number of nitrogens with zero attached hydrogens (tertiary/aromatic N) is 2. The van der Waals surface area contributed by atoms with E-state index in [-0.39, 0.29) is 18.8 Å². The van der Waals surface area contributed by atoms with Gasteiger partial charge in [-0.1, -0.05) is 47.2 Å². The Morgan fingerprint density at radius 1 is 0.957 bits per heavy atom. The van der Waals surface area contributed by atoms with Gasteiger partial charge in [0, 0.05) is 10.6 Å². The zero-order valence-electron chi connectivity index (χ0n) is 26.2. The number of hydrogen-bond acceptors (Lipinski definition) is 9. The van der Waals surface area contributed by atoms with E-state index >= 15 is 0 Å². The van der Waals surface area contributed by atoms with Gasteiger partial charge in [0.05, 0.1) is 51.7 Å². The van der Waals surface area contributed by atoms with Gasteiger partial charge in [-0.3, -0.25) is 9.36 Å². The largest absolute Gasteiger partial charge is 0.494 e. The molecule has 0 saturated heterocycles. The number of benzene rings is 3. The van der Waals surface area contributed by atoms with Crippen LogP contribution in [0.25, 0.3) is 6.08 Å². The molecule has 5 rings (SSSR count). The van der Waals surface area contributed by atoms with Gasteiger partial charge in [-0.2, -0.15) is 0 Å².